The van der Waals surface area contributed by atoms with Crippen LogP contribution >= 0.6 is 0 Å². The lowest BCUT2D eigenvalue weighted by molar-refractivity contribution is 0.151. The normalized spacial score (nSPS) is 13.7. The highest BCUT2D eigenvalue weighted by Crippen LogP contribution is 2.41. The van der Waals surface area contributed by atoms with Gasteiger partial charge in [-0.2, -0.15) is 14.5 Å². The minimum atomic E-state index is -4.01. The fourth-order valence-corrected chi connectivity index (χ4v) is 6.36. The number of aromatic hydroxyl groups is 2. The standard InChI is InChI=1S/C31H35N11O6S/c1-21-34-36-38-41(21)32-19-23-8-10-29(43)27(16-23)31(28-17-24(9-11-30(28)44)20-33-42-22(2)35-37-39-42)25-6-5-7-26(18-25)49(45,46)40(12-14-47-3)13-15-48-4/h5,7-11,16-20,43-44H,6,12-15H2,1-4H3/b32-19+,33-20+. The molecule has 0 atom stereocenters. The Morgan fingerprint density at radius 1 is 0.878 bits per heavy atom. The monoisotopic (exact) mass is 689 g/mol. The van der Waals surface area contributed by atoms with Gasteiger partial charge in [0, 0.05) is 38.4 Å². The van der Waals surface area contributed by atoms with Crippen LogP contribution in [-0.4, -0.2) is 117 Å². The number of allylic oxidation sites excluding steroid dienone is 4. The number of benzene rings is 2. The molecule has 2 N–H and O–H groups in total. The molecule has 2 aromatic carbocycles. The highest BCUT2D eigenvalue weighted by molar-refractivity contribution is 7.93. The maximum Gasteiger partial charge on any atom is 0.243 e. The summed E-state index contributed by atoms with van der Waals surface area (Å²) >= 11 is 0. The number of tetrazole rings is 2. The molecule has 1 aliphatic carbocycles. The Kier molecular flexibility index (Phi) is 11.1. The summed E-state index contributed by atoms with van der Waals surface area (Å²) < 4.78 is 39.5. The van der Waals surface area contributed by atoms with E-state index in [0.717, 1.165) is 0 Å². The summed E-state index contributed by atoms with van der Waals surface area (Å²) in [6.07, 6.45) is 8.13. The zero-order chi connectivity index (χ0) is 35.0. The predicted octanol–water partition coefficient (Wildman–Crippen LogP) is 2.02. The van der Waals surface area contributed by atoms with Crippen molar-refractivity contribution >= 4 is 28.0 Å². The Balaban J connectivity index is 1.68. The van der Waals surface area contributed by atoms with Gasteiger partial charge >= 0.3 is 0 Å². The first kappa shape index (κ1) is 34.9. The van der Waals surface area contributed by atoms with Gasteiger partial charge in [-0.05, 0) is 112 Å². The van der Waals surface area contributed by atoms with E-state index in [9.17, 15) is 18.6 Å². The molecule has 18 heteroatoms. The van der Waals surface area contributed by atoms with Gasteiger partial charge in [0.15, 0.2) is 11.6 Å². The molecule has 49 heavy (non-hydrogen) atoms. The van der Waals surface area contributed by atoms with Crippen molar-refractivity contribution in [2.75, 3.05) is 40.5 Å². The summed E-state index contributed by atoms with van der Waals surface area (Å²) in [6.45, 7) is 4.00. The third-order valence-corrected chi connectivity index (χ3v) is 9.30. The van der Waals surface area contributed by atoms with Gasteiger partial charge < -0.3 is 19.7 Å². The number of hydrogen-bond acceptors (Lipinski definition) is 14. The van der Waals surface area contributed by atoms with Gasteiger partial charge in [0.1, 0.15) is 11.5 Å². The third-order valence-electron chi connectivity index (χ3n) is 7.40. The second-order valence-corrected chi connectivity index (χ2v) is 12.7. The van der Waals surface area contributed by atoms with E-state index in [4.69, 9.17) is 9.47 Å². The number of methoxy groups -OCH3 is 2. The van der Waals surface area contributed by atoms with Crippen LogP contribution in [0.3, 0.4) is 0 Å². The number of nitrogens with zero attached hydrogens (tertiary/aromatic N) is 11. The predicted molar refractivity (Wildman–Crippen MR) is 179 cm³/mol. The van der Waals surface area contributed by atoms with E-state index in [2.05, 4.69) is 41.3 Å². The molecule has 0 radical (unpaired) electrons. The summed E-state index contributed by atoms with van der Waals surface area (Å²) in [5.41, 5.74) is 2.66. The van der Waals surface area contributed by atoms with Crippen molar-refractivity contribution in [3.05, 3.63) is 99.0 Å². The molecule has 2 heterocycles. The van der Waals surface area contributed by atoms with Gasteiger partial charge in [0.2, 0.25) is 10.0 Å². The average molecular weight is 690 g/mol. The number of rotatable bonds is 14. The number of phenols is 2. The van der Waals surface area contributed by atoms with Crippen LogP contribution in [0.1, 0.15) is 40.3 Å². The van der Waals surface area contributed by atoms with Crippen LogP contribution in [0.25, 0.3) is 5.57 Å². The smallest absolute Gasteiger partial charge is 0.243 e. The molecule has 0 amide bonds. The van der Waals surface area contributed by atoms with E-state index in [1.807, 2.05) is 0 Å². The molecule has 0 bridgehead atoms. The van der Waals surface area contributed by atoms with Gasteiger partial charge in [-0.15, -0.1) is 19.8 Å². The molecule has 0 saturated heterocycles. The number of hydrogen-bond donors (Lipinski definition) is 2. The number of aryl methyl sites for hydroxylation is 2. The van der Waals surface area contributed by atoms with Crippen molar-refractivity contribution in [3.63, 3.8) is 0 Å². The van der Waals surface area contributed by atoms with E-state index in [-0.39, 0.29) is 49.1 Å². The van der Waals surface area contributed by atoms with Crippen molar-refractivity contribution in [2.24, 2.45) is 10.2 Å². The van der Waals surface area contributed by atoms with E-state index in [0.29, 0.717) is 45.0 Å². The molecule has 5 rings (SSSR count). The SMILES string of the molecule is COCCN(CCOC)S(=O)(=O)C1=CC(=C(c2cc(/C=N/n3nnnc3C)ccc2O)c2cc(/C=N/n3nnnc3C)ccc2O)CC=C1. The Bertz CT molecular complexity index is 1950. The molecule has 4 aromatic rings. The van der Waals surface area contributed by atoms with E-state index in [1.54, 1.807) is 50.3 Å². The molecule has 0 unspecified atom stereocenters. The lowest BCUT2D eigenvalue weighted by Gasteiger charge is -2.24. The molecule has 0 fully saturated rings. The van der Waals surface area contributed by atoms with Gasteiger partial charge in [-0.3, -0.25) is 0 Å². The van der Waals surface area contributed by atoms with Crippen LogP contribution in [0.5, 0.6) is 11.5 Å². The minimum absolute atomic E-state index is 0.0242. The third kappa shape index (κ3) is 8.18. The molecular formula is C31H35N11O6S. The molecule has 0 saturated carbocycles. The first-order valence-corrected chi connectivity index (χ1v) is 16.4. The van der Waals surface area contributed by atoms with E-state index >= 15 is 0 Å². The van der Waals surface area contributed by atoms with Gasteiger partial charge in [-0.25, -0.2) is 8.42 Å². The number of ether oxygens (including phenoxy) is 2. The second kappa shape index (κ2) is 15.6. The molecule has 17 nitrogen and oxygen atoms in total. The summed E-state index contributed by atoms with van der Waals surface area (Å²) in [5.74, 6) is 0.706. The zero-order valence-corrected chi connectivity index (χ0v) is 28.1. The van der Waals surface area contributed by atoms with Crippen LogP contribution < -0.4 is 0 Å². The number of sulfonamides is 1. The van der Waals surface area contributed by atoms with Crippen LogP contribution in [0.4, 0.5) is 0 Å². The number of phenolic OH excluding ortho intramolecular Hbond substituents is 2. The largest absolute Gasteiger partial charge is 0.507 e. The average Bonchev–Trinajstić information content (AvgIpc) is 3.71. The Labute approximate surface area is 282 Å². The second-order valence-electron chi connectivity index (χ2n) is 10.7. The molecule has 0 aliphatic heterocycles. The van der Waals surface area contributed by atoms with Crippen LogP contribution in [0.2, 0.25) is 0 Å². The van der Waals surface area contributed by atoms with Gasteiger partial charge in [0.25, 0.3) is 0 Å². The first-order valence-electron chi connectivity index (χ1n) is 15.0. The van der Waals surface area contributed by atoms with E-state index in [1.165, 1.54) is 58.7 Å². The topological polar surface area (TPSA) is 208 Å². The maximum atomic E-state index is 13.9. The lowest BCUT2D eigenvalue weighted by Crippen LogP contribution is -2.37. The molecule has 2 aromatic heterocycles. The van der Waals surface area contributed by atoms with Crippen LogP contribution in [-0.2, 0) is 19.5 Å². The maximum absolute atomic E-state index is 13.9. The quantitative estimate of drug-likeness (QED) is 0.182. The summed E-state index contributed by atoms with van der Waals surface area (Å²) in [7, 11) is -1.01. The fraction of sp³-hybridized carbons (Fsp3) is 0.290. The summed E-state index contributed by atoms with van der Waals surface area (Å²) in [5, 5.41) is 53.6. The highest BCUT2D eigenvalue weighted by Gasteiger charge is 2.28. The molecule has 256 valence electrons. The fourth-order valence-electron chi connectivity index (χ4n) is 4.87. The van der Waals surface area contributed by atoms with Gasteiger partial charge in [-0.1, -0.05) is 6.08 Å². The van der Waals surface area contributed by atoms with Crippen LogP contribution in [0, 0.1) is 13.8 Å². The van der Waals surface area contributed by atoms with Crippen molar-refractivity contribution in [1.82, 2.24) is 44.9 Å². The number of aromatic nitrogens is 8. The van der Waals surface area contributed by atoms with E-state index < -0.39 is 10.0 Å². The lowest BCUT2D eigenvalue weighted by atomic mass is 9.87. The van der Waals surface area contributed by atoms with Crippen molar-refractivity contribution in [3.8, 4) is 11.5 Å². The van der Waals surface area contributed by atoms with Crippen LogP contribution in [0.15, 0.2) is 75.3 Å². The summed E-state index contributed by atoms with van der Waals surface area (Å²) in [4.78, 5) is 2.52. The minimum Gasteiger partial charge on any atom is -0.507 e. The Morgan fingerprint density at radius 3 is 1.84 bits per heavy atom. The van der Waals surface area contributed by atoms with Crippen molar-refractivity contribution in [2.45, 2.75) is 20.3 Å². The van der Waals surface area contributed by atoms with Gasteiger partial charge in [0.05, 0.1) is 30.5 Å². The first-order chi connectivity index (χ1) is 23.6. The Hall–Kier alpha value is -5.43. The highest BCUT2D eigenvalue weighted by atomic mass is 32.2. The summed E-state index contributed by atoms with van der Waals surface area (Å²) in [6, 6.07) is 9.63. The molecule has 0 spiro atoms. The molecular weight excluding hydrogens is 654 g/mol. The molecule has 1 aliphatic rings. The Morgan fingerprint density at radius 2 is 1.39 bits per heavy atom. The zero-order valence-electron chi connectivity index (χ0n) is 27.2. The van der Waals surface area contributed by atoms with Crippen molar-refractivity contribution in [1.29, 1.82) is 0 Å². The van der Waals surface area contributed by atoms with Crippen molar-refractivity contribution < 1.29 is 28.1 Å².